The zero-order valence-corrected chi connectivity index (χ0v) is 11.1. The minimum atomic E-state index is 0.0440. The van der Waals surface area contributed by atoms with Crippen LogP contribution < -0.4 is 5.73 Å². The molecule has 1 heterocycles. The second kappa shape index (κ2) is 5.31. The van der Waals surface area contributed by atoms with Gasteiger partial charge in [0, 0.05) is 28.2 Å². The van der Waals surface area contributed by atoms with Crippen molar-refractivity contribution in [1.29, 1.82) is 0 Å². The molecule has 3 N–H and O–H groups in total. The highest BCUT2D eigenvalue weighted by molar-refractivity contribution is 6.10. The highest BCUT2D eigenvalue weighted by atomic mass is 16.1. The molecular weight excluding hydrogens is 248 g/mol. The Morgan fingerprint density at radius 3 is 2.60 bits per heavy atom. The van der Waals surface area contributed by atoms with E-state index >= 15 is 0 Å². The number of nitrogens with one attached hydrogen (secondary N) is 1. The third kappa shape index (κ3) is 2.24. The summed E-state index contributed by atoms with van der Waals surface area (Å²) in [7, 11) is 0. The first-order valence-corrected chi connectivity index (χ1v) is 6.69. The number of H-pyrrole nitrogens is 1. The Hall–Kier alpha value is -2.39. The van der Waals surface area contributed by atoms with Crippen molar-refractivity contribution >= 4 is 16.7 Å². The van der Waals surface area contributed by atoms with Crippen LogP contribution in [0.15, 0.2) is 54.7 Å². The normalized spacial score (nSPS) is 10.8. The number of benzene rings is 2. The lowest BCUT2D eigenvalue weighted by molar-refractivity contribution is 0.103. The lowest BCUT2D eigenvalue weighted by Crippen LogP contribution is -2.02. The molecule has 3 heteroatoms. The van der Waals surface area contributed by atoms with Crippen LogP contribution >= 0.6 is 0 Å². The van der Waals surface area contributed by atoms with Crippen molar-refractivity contribution in [3.05, 3.63) is 71.4 Å². The number of hydrogen-bond acceptors (Lipinski definition) is 2. The van der Waals surface area contributed by atoms with Gasteiger partial charge in [0.25, 0.3) is 0 Å². The molecule has 3 nitrogen and oxygen atoms in total. The number of hydrogen-bond donors (Lipinski definition) is 2. The molecule has 0 aliphatic rings. The third-order valence-electron chi connectivity index (χ3n) is 3.48. The van der Waals surface area contributed by atoms with Gasteiger partial charge in [0.15, 0.2) is 5.78 Å². The topological polar surface area (TPSA) is 58.9 Å². The number of carbonyl (C=O) groups excluding carboxylic acids is 1. The fourth-order valence-electron chi connectivity index (χ4n) is 2.45. The van der Waals surface area contributed by atoms with Crippen molar-refractivity contribution < 1.29 is 4.79 Å². The van der Waals surface area contributed by atoms with Gasteiger partial charge in [0.1, 0.15) is 0 Å². The van der Waals surface area contributed by atoms with Gasteiger partial charge in [-0.1, -0.05) is 42.5 Å². The lowest BCUT2D eigenvalue weighted by Gasteiger charge is -2.02. The van der Waals surface area contributed by atoms with Gasteiger partial charge in [-0.2, -0.15) is 0 Å². The number of carbonyl (C=O) groups is 1. The maximum atomic E-state index is 12.4. The fraction of sp³-hybridized carbons (Fsp3) is 0.118. The monoisotopic (exact) mass is 264 g/mol. The van der Waals surface area contributed by atoms with Gasteiger partial charge >= 0.3 is 0 Å². The fourth-order valence-corrected chi connectivity index (χ4v) is 2.45. The lowest BCUT2D eigenvalue weighted by atomic mass is 10.0. The van der Waals surface area contributed by atoms with Crippen LogP contribution in [0.25, 0.3) is 10.9 Å². The predicted octanol–water partition coefficient (Wildman–Crippen LogP) is 2.90. The molecule has 20 heavy (non-hydrogen) atoms. The average molecular weight is 264 g/mol. The van der Waals surface area contributed by atoms with Crippen molar-refractivity contribution in [3.8, 4) is 0 Å². The van der Waals surface area contributed by atoms with Crippen LogP contribution in [0.4, 0.5) is 0 Å². The first-order chi connectivity index (χ1) is 9.79. The Kier molecular flexibility index (Phi) is 3.35. The van der Waals surface area contributed by atoms with Crippen molar-refractivity contribution in [3.63, 3.8) is 0 Å². The molecule has 0 fully saturated rings. The summed E-state index contributed by atoms with van der Waals surface area (Å²) in [4.78, 5) is 15.6. The molecule has 1 aromatic heterocycles. The van der Waals surface area contributed by atoms with Gasteiger partial charge in [-0.15, -0.1) is 0 Å². The summed E-state index contributed by atoms with van der Waals surface area (Å²) < 4.78 is 0. The molecule has 0 amide bonds. The van der Waals surface area contributed by atoms with E-state index in [1.54, 1.807) is 0 Å². The van der Waals surface area contributed by atoms with Crippen molar-refractivity contribution in [2.45, 2.75) is 6.42 Å². The zero-order valence-electron chi connectivity index (χ0n) is 11.1. The van der Waals surface area contributed by atoms with E-state index < -0.39 is 0 Å². The summed E-state index contributed by atoms with van der Waals surface area (Å²) in [6.07, 6.45) is 2.81. The van der Waals surface area contributed by atoms with Crippen LogP contribution in [0, 0.1) is 0 Å². The quantitative estimate of drug-likeness (QED) is 0.712. The van der Waals surface area contributed by atoms with Crippen LogP contribution in [-0.2, 0) is 6.42 Å². The molecule has 0 aliphatic carbocycles. The molecule has 100 valence electrons. The number of fused-ring (bicyclic) bond motifs is 1. The zero-order chi connectivity index (χ0) is 13.9. The largest absolute Gasteiger partial charge is 0.361 e. The minimum Gasteiger partial charge on any atom is -0.361 e. The molecule has 0 bridgehead atoms. The van der Waals surface area contributed by atoms with Gasteiger partial charge < -0.3 is 10.7 Å². The van der Waals surface area contributed by atoms with Crippen molar-refractivity contribution in [2.75, 3.05) is 6.54 Å². The van der Waals surface area contributed by atoms with E-state index in [1.165, 1.54) is 5.56 Å². The molecular formula is C17H16N2O. The summed E-state index contributed by atoms with van der Waals surface area (Å²) in [5, 5.41) is 1.14. The molecule has 0 radical (unpaired) electrons. The molecule has 0 unspecified atom stereocenters. The summed E-state index contributed by atoms with van der Waals surface area (Å²) in [5.41, 5.74) is 9.18. The summed E-state index contributed by atoms with van der Waals surface area (Å²) in [5.74, 6) is 0.0440. The Balaban J connectivity index is 1.99. The number of aromatic nitrogens is 1. The van der Waals surface area contributed by atoms with E-state index in [-0.39, 0.29) is 5.78 Å². The molecule has 0 saturated carbocycles. The number of aromatic amines is 1. The van der Waals surface area contributed by atoms with Gasteiger partial charge in [0.2, 0.25) is 0 Å². The van der Waals surface area contributed by atoms with Crippen molar-refractivity contribution in [2.24, 2.45) is 5.73 Å². The SMILES string of the molecule is NCCc1c[nH]c2cc(C(=O)c3ccccc3)ccc12. The van der Waals surface area contributed by atoms with Gasteiger partial charge in [-0.3, -0.25) is 4.79 Å². The molecule has 2 aromatic carbocycles. The maximum Gasteiger partial charge on any atom is 0.193 e. The Morgan fingerprint density at radius 2 is 1.85 bits per heavy atom. The highest BCUT2D eigenvalue weighted by Crippen LogP contribution is 2.21. The van der Waals surface area contributed by atoms with Crippen LogP contribution in [0.3, 0.4) is 0 Å². The molecule has 3 aromatic rings. The van der Waals surface area contributed by atoms with E-state index in [2.05, 4.69) is 4.98 Å². The predicted molar refractivity (Wildman–Crippen MR) is 80.9 cm³/mol. The smallest absolute Gasteiger partial charge is 0.193 e. The van der Waals surface area contributed by atoms with Gasteiger partial charge in [-0.05, 0) is 24.6 Å². The molecule has 0 spiro atoms. The van der Waals surface area contributed by atoms with E-state index in [0.717, 1.165) is 17.3 Å². The van der Waals surface area contributed by atoms with E-state index in [9.17, 15) is 4.79 Å². The minimum absolute atomic E-state index is 0.0440. The van der Waals surface area contributed by atoms with Crippen LogP contribution in [-0.4, -0.2) is 17.3 Å². The third-order valence-corrected chi connectivity index (χ3v) is 3.48. The second-order valence-corrected chi connectivity index (χ2v) is 4.81. The summed E-state index contributed by atoms with van der Waals surface area (Å²) in [6.45, 7) is 0.623. The number of nitrogens with two attached hydrogens (primary N) is 1. The average Bonchev–Trinajstić information content (AvgIpc) is 2.90. The van der Waals surface area contributed by atoms with Crippen LogP contribution in [0.2, 0.25) is 0 Å². The molecule has 0 saturated heterocycles. The molecule has 3 rings (SSSR count). The summed E-state index contributed by atoms with van der Waals surface area (Å²) in [6, 6.07) is 15.1. The molecule has 0 atom stereocenters. The van der Waals surface area contributed by atoms with Gasteiger partial charge in [-0.25, -0.2) is 0 Å². The Morgan fingerprint density at radius 1 is 1.05 bits per heavy atom. The first-order valence-electron chi connectivity index (χ1n) is 6.69. The summed E-state index contributed by atoms with van der Waals surface area (Å²) >= 11 is 0. The van der Waals surface area contributed by atoms with E-state index in [0.29, 0.717) is 17.7 Å². The second-order valence-electron chi connectivity index (χ2n) is 4.81. The Labute approximate surface area is 117 Å². The maximum absolute atomic E-state index is 12.4. The number of rotatable bonds is 4. The Bertz CT molecular complexity index is 744. The standard InChI is InChI=1S/C17H16N2O/c18-9-8-14-11-19-16-10-13(6-7-15(14)16)17(20)12-4-2-1-3-5-12/h1-7,10-11,19H,8-9,18H2. The van der Waals surface area contributed by atoms with Crippen molar-refractivity contribution in [1.82, 2.24) is 4.98 Å². The van der Waals surface area contributed by atoms with E-state index in [1.807, 2.05) is 54.7 Å². The number of ketones is 1. The molecule has 0 aliphatic heterocycles. The highest BCUT2D eigenvalue weighted by Gasteiger charge is 2.10. The first kappa shape index (κ1) is 12.6. The van der Waals surface area contributed by atoms with Crippen LogP contribution in [0.1, 0.15) is 21.5 Å². The van der Waals surface area contributed by atoms with Gasteiger partial charge in [0.05, 0.1) is 0 Å². The van der Waals surface area contributed by atoms with E-state index in [4.69, 9.17) is 5.73 Å². The van der Waals surface area contributed by atoms with Crippen LogP contribution in [0.5, 0.6) is 0 Å².